The molecular weight excluding hydrogens is 384 g/mol. The van der Waals surface area contributed by atoms with Crippen molar-refractivity contribution in [1.82, 2.24) is 14.5 Å². The molecule has 1 aliphatic rings. The van der Waals surface area contributed by atoms with E-state index in [0.29, 0.717) is 11.3 Å². The Morgan fingerprint density at radius 3 is 2.83 bits per heavy atom. The Hall–Kier alpha value is -3.23. The molecule has 3 aromatic rings. The highest BCUT2D eigenvalue weighted by Crippen LogP contribution is 2.30. The van der Waals surface area contributed by atoms with Crippen molar-refractivity contribution in [1.29, 1.82) is 0 Å². The van der Waals surface area contributed by atoms with Crippen molar-refractivity contribution in [3.8, 4) is 0 Å². The van der Waals surface area contributed by atoms with E-state index in [2.05, 4.69) is 4.98 Å². The number of carbonyl (C=O) groups excluding carboxylic acids is 2. The maximum atomic E-state index is 13.6. The first-order valence-corrected chi connectivity index (χ1v) is 9.19. The van der Waals surface area contributed by atoms with Crippen LogP contribution in [0.1, 0.15) is 37.6 Å². The fourth-order valence-electron chi connectivity index (χ4n) is 3.55. The molecule has 7 nitrogen and oxygen atoms in total. The van der Waals surface area contributed by atoms with Gasteiger partial charge in [0.15, 0.2) is 11.9 Å². The first kappa shape index (κ1) is 19.1. The van der Waals surface area contributed by atoms with Gasteiger partial charge < -0.3 is 14.1 Å². The van der Waals surface area contributed by atoms with Crippen LogP contribution in [-0.4, -0.2) is 32.9 Å². The van der Waals surface area contributed by atoms with Gasteiger partial charge in [0, 0.05) is 13.0 Å². The van der Waals surface area contributed by atoms with Gasteiger partial charge >= 0.3 is 12.5 Å². The number of amides is 1. The van der Waals surface area contributed by atoms with E-state index in [9.17, 15) is 18.4 Å². The Balaban J connectivity index is 1.47. The summed E-state index contributed by atoms with van der Waals surface area (Å²) in [6.45, 7) is -0.867. The Morgan fingerprint density at radius 1 is 1.31 bits per heavy atom. The van der Waals surface area contributed by atoms with E-state index in [1.165, 1.54) is 24.2 Å². The van der Waals surface area contributed by atoms with Crippen LogP contribution in [0.2, 0.25) is 0 Å². The number of benzene rings is 1. The molecule has 152 valence electrons. The lowest BCUT2D eigenvalue weighted by Gasteiger charge is -2.18. The van der Waals surface area contributed by atoms with Crippen LogP contribution >= 0.6 is 0 Å². The van der Waals surface area contributed by atoms with E-state index in [1.54, 1.807) is 30.3 Å². The van der Waals surface area contributed by atoms with Crippen LogP contribution < -0.4 is 0 Å². The minimum absolute atomic E-state index is 0.0114. The second-order valence-electron chi connectivity index (χ2n) is 6.94. The fraction of sp³-hybridized carbons (Fsp3) is 0.350. The molecule has 9 heteroatoms. The van der Waals surface area contributed by atoms with Crippen LogP contribution in [0.25, 0.3) is 11.0 Å². The van der Waals surface area contributed by atoms with Gasteiger partial charge in [0.1, 0.15) is 5.76 Å². The largest absolute Gasteiger partial charge is 0.467 e. The average Bonchev–Trinajstić information content (AvgIpc) is 3.41. The lowest BCUT2D eigenvalue weighted by Crippen LogP contribution is -2.26. The van der Waals surface area contributed by atoms with Crippen molar-refractivity contribution in [2.24, 2.45) is 5.92 Å². The van der Waals surface area contributed by atoms with Gasteiger partial charge in [-0.15, -0.1) is 0 Å². The number of hydrogen-bond donors (Lipinski definition) is 0. The predicted molar refractivity (Wildman–Crippen MR) is 97.7 cm³/mol. The zero-order chi connectivity index (χ0) is 20.5. The second kappa shape index (κ2) is 7.65. The fourth-order valence-corrected chi connectivity index (χ4v) is 3.55. The van der Waals surface area contributed by atoms with E-state index in [0.717, 1.165) is 4.57 Å². The number of esters is 1. The molecule has 0 spiro atoms. The number of aromatic nitrogens is 2. The Bertz CT molecular complexity index is 1030. The summed E-state index contributed by atoms with van der Waals surface area (Å²) in [5, 5.41) is 0. The average molecular weight is 403 g/mol. The topological polar surface area (TPSA) is 77.6 Å². The number of carbonyl (C=O) groups is 2. The SMILES string of the molecule is CC(OC(=O)C1CC(=O)N(Cc2ccco2)C1)c1nc2ccccc2n1C(F)F. The molecule has 2 unspecified atom stereocenters. The molecule has 4 rings (SSSR count). The van der Waals surface area contributed by atoms with Gasteiger partial charge in [-0.25, -0.2) is 4.98 Å². The molecule has 0 radical (unpaired) electrons. The summed E-state index contributed by atoms with van der Waals surface area (Å²) in [4.78, 5) is 30.5. The molecule has 2 atom stereocenters. The third-order valence-corrected chi connectivity index (χ3v) is 4.95. The number of likely N-dealkylation sites (tertiary alicyclic amines) is 1. The van der Waals surface area contributed by atoms with Crippen molar-refractivity contribution in [3.05, 3.63) is 54.2 Å². The van der Waals surface area contributed by atoms with Crippen molar-refractivity contribution in [2.75, 3.05) is 6.54 Å². The molecule has 1 aliphatic heterocycles. The van der Waals surface area contributed by atoms with Crippen molar-refractivity contribution in [3.63, 3.8) is 0 Å². The van der Waals surface area contributed by atoms with E-state index in [4.69, 9.17) is 9.15 Å². The van der Waals surface area contributed by atoms with Gasteiger partial charge in [-0.2, -0.15) is 8.78 Å². The highest BCUT2D eigenvalue weighted by molar-refractivity contribution is 5.87. The summed E-state index contributed by atoms with van der Waals surface area (Å²) in [6.07, 6.45) is 0.536. The van der Waals surface area contributed by atoms with Gasteiger partial charge in [0.25, 0.3) is 0 Å². The molecule has 1 amide bonds. The van der Waals surface area contributed by atoms with Crippen LogP contribution in [0.4, 0.5) is 8.78 Å². The molecule has 29 heavy (non-hydrogen) atoms. The standard InChI is InChI=1S/C20H19F2N3O4/c1-12(18-23-15-6-2-3-7-16(15)25(18)20(21)22)29-19(27)13-9-17(26)24(10-13)11-14-5-4-8-28-14/h2-8,12-13,20H,9-11H2,1H3. The zero-order valence-corrected chi connectivity index (χ0v) is 15.6. The number of nitrogens with zero attached hydrogens (tertiary/aromatic N) is 3. The monoisotopic (exact) mass is 403 g/mol. The molecule has 1 saturated heterocycles. The molecule has 0 saturated carbocycles. The molecule has 0 bridgehead atoms. The second-order valence-corrected chi connectivity index (χ2v) is 6.94. The van der Waals surface area contributed by atoms with Crippen LogP contribution in [0.3, 0.4) is 0 Å². The van der Waals surface area contributed by atoms with E-state index in [-0.39, 0.29) is 36.8 Å². The number of imidazole rings is 1. The summed E-state index contributed by atoms with van der Waals surface area (Å²) in [7, 11) is 0. The smallest absolute Gasteiger partial charge is 0.320 e. The number of ether oxygens (including phenoxy) is 1. The van der Waals surface area contributed by atoms with E-state index >= 15 is 0 Å². The summed E-state index contributed by atoms with van der Waals surface area (Å²) in [5.74, 6) is -0.876. The predicted octanol–water partition coefficient (Wildman–Crippen LogP) is 3.68. The Labute approximate surface area is 164 Å². The van der Waals surface area contributed by atoms with Crippen molar-refractivity contribution >= 4 is 22.9 Å². The van der Waals surface area contributed by atoms with Gasteiger partial charge in [0.05, 0.1) is 29.8 Å². The molecular formula is C20H19F2N3O4. The zero-order valence-electron chi connectivity index (χ0n) is 15.6. The Morgan fingerprint density at radius 2 is 2.10 bits per heavy atom. The molecule has 3 heterocycles. The van der Waals surface area contributed by atoms with Crippen molar-refractivity contribution < 1.29 is 27.5 Å². The summed E-state index contributed by atoms with van der Waals surface area (Å²) in [5.41, 5.74) is 0.660. The summed E-state index contributed by atoms with van der Waals surface area (Å²) >= 11 is 0. The Kier molecular flexibility index (Phi) is 5.04. The van der Waals surface area contributed by atoms with Gasteiger partial charge in [-0.3, -0.25) is 14.2 Å². The number of furan rings is 1. The molecule has 1 fully saturated rings. The van der Waals surface area contributed by atoms with Gasteiger partial charge in [0.2, 0.25) is 5.91 Å². The number of fused-ring (bicyclic) bond motifs is 1. The summed E-state index contributed by atoms with van der Waals surface area (Å²) < 4.78 is 38.6. The maximum Gasteiger partial charge on any atom is 0.320 e. The first-order valence-electron chi connectivity index (χ1n) is 9.19. The van der Waals surface area contributed by atoms with Gasteiger partial charge in [-0.05, 0) is 31.2 Å². The summed E-state index contributed by atoms with van der Waals surface area (Å²) in [6, 6.07) is 9.96. The number of hydrogen-bond acceptors (Lipinski definition) is 5. The van der Waals surface area contributed by atoms with Crippen LogP contribution in [0.5, 0.6) is 0 Å². The number of alkyl halides is 2. The lowest BCUT2D eigenvalue weighted by molar-refractivity contribution is -0.154. The number of rotatable bonds is 6. The minimum atomic E-state index is -2.82. The van der Waals surface area contributed by atoms with Gasteiger partial charge in [-0.1, -0.05) is 12.1 Å². The third-order valence-electron chi connectivity index (χ3n) is 4.95. The minimum Gasteiger partial charge on any atom is -0.467 e. The van der Waals surface area contributed by atoms with E-state index in [1.807, 2.05) is 0 Å². The number of halogens is 2. The normalized spacial score (nSPS) is 18.0. The first-order chi connectivity index (χ1) is 13.9. The number of para-hydroxylation sites is 2. The van der Waals surface area contributed by atoms with E-state index < -0.39 is 24.5 Å². The lowest BCUT2D eigenvalue weighted by atomic mass is 10.1. The molecule has 0 aliphatic carbocycles. The van der Waals surface area contributed by atoms with Crippen molar-refractivity contribution in [2.45, 2.75) is 32.5 Å². The highest BCUT2D eigenvalue weighted by Gasteiger charge is 2.37. The quantitative estimate of drug-likeness (QED) is 0.587. The molecule has 0 N–H and O–H groups in total. The molecule has 1 aromatic carbocycles. The van der Waals surface area contributed by atoms with Crippen LogP contribution in [0.15, 0.2) is 47.1 Å². The third kappa shape index (κ3) is 3.72. The highest BCUT2D eigenvalue weighted by atomic mass is 19.3. The van der Waals surface area contributed by atoms with Crippen LogP contribution in [-0.2, 0) is 20.9 Å². The maximum absolute atomic E-state index is 13.6. The van der Waals surface area contributed by atoms with Crippen LogP contribution in [0, 0.1) is 5.92 Å². The molecule has 2 aromatic heterocycles.